The average molecular weight is 383 g/mol. The number of nitrogens with one attached hydrogen (secondary N) is 3. The molecule has 0 saturated carbocycles. The fraction of sp³-hybridized carbons (Fsp3) is 0.188. The summed E-state index contributed by atoms with van der Waals surface area (Å²) in [5.74, 6) is 0.149. The minimum atomic E-state index is -0.407. The van der Waals surface area contributed by atoms with Crippen molar-refractivity contribution in [2.45, 2.75) is 0 Å². The van der Waals surface area contributed by atoms with E-state index in [-0.39, 0.29) is 19.0 Å². The lowest BCUT2D eigenvalue weighted by atomic mass is 10.2. The van der Waals surface area contributed by atoms with E-state index in [2.05, 4.69) is 20.9 Å². The highest BCUT2D eigenvalue weighted by molar-refractivity contribution is 6.42. The highest BCUT2D eigenvalue weighted by atomic mass is 35.5. The first-order chi connectivity index (χ1) is 12.0. The molecule has 0 bridgehead atoms. The second-order valence-corrected chi connectivity index (χ2v) is 5.67. The smallest absolute Gasteiger partial charge is 0.319 e. The van der Waals surface area contributed by atoms with E-state index in [0.29, 0.717) is 27.2 Å². The Bertz CT molecular complexity index is 754. The van der Waals surface area contributed by atoms with Crippen molar-refractivity contribution in [3.05, 3.63) is 52.1 Å². The Labute approximate surface area is 154 Å². The Kier molecular flexibility index (Phi) is 6.85. The van der Waals surface area contributed by atoms with Crippen molar-refractivity contribution < 1.29 is 14.3 Å². The molecule has 25 heavy (non-hydrogen) atoms. The maximum atomic E-state index is 11.9. The van der Waals surface area contributed by atoms with Gasteiger partial charge >= 0.3 is 6.03 Å². The van der Waals surface area contributed by atoms with Gasteiger partial charge in [0.25, 0.3) is 5.91 Å². The van der Waals surface area contributed by atoms with Gasteiger partial charge in [0, 0.05) is 24.7 Å². The average Bonchev–Trinajstić information content (AvgIpc) is 2.61. The predicted molar refractivity (Wildman–Crippen MR) is 96.6 cm³/mol. The van der Waals surface area contributed by atoms with Crippen LogP contribution in [-0.2, 0) is 0 Å². The van der Waals surface area contributed by atoms with Gasteiger partial charge in [-0.05, 0) is 24.3 Å². The second-order valence-electron chi connectivity index (χ2n) is 4.85. The SMILES string of the molecule is COc1ccc(NC(=O)NCCNC(=O)c2ccc(Cl)c(Cl)c2)cn1. The van der Waals surface area contributed by atoms with Gasteiger partial charge in [-0.15, -0.1) is 0 Å². The third-order valence-corrected chi connectivity index (χ3v) is 3.82. The lowest BCUT2D eigenvalue weighted by Gasteiger charge is -2.09. The van der Waals surface area contributed by atoms with E-state index >= 15 is 0 Å². The zero-order valence-corrected chi connectivity index (χ0v) is 14.8. The molecule has 2 aromatic rings. The molecule has 2 rings (SSSR count). The van der Waals surface area contributed by atoms with Crippen LogP contribution in [-0.4, -0.2) is 37.1 Å². The zero-order chi connectivity index (χ0) is 18.2. The first-order valence-corrected chi connectivity index (χ1v) is 8.03. The molecule has 0 aliphatic rings. The minimum Gasteiger partial charge on any atom is -0.481 e. The summed E-state index contributed by atoms with van der Waals surface area (Å²) in [5.41, 5.74) is 0.918. The van der Waals surface area contributed by atoms with Crippen LogP contribution < -0.4 is 20.7 Å². The molecular weight excluding hydrogens is 367 g/mol. The molecule has 0 fully saturated rings. The maximum Gasteiger partial charge on any atom is 0.319 e. The molecule has 0 radical (unpaired) electrons. The summed E-state index contributed by atoms with van der Waals surface area (Å²) >= 11 is 11.7. The Morgan fingerprint density at radius 2 is 1.84 bits per heavy atom. The molecule has 0 atom stereocenters. The molecule has 1 heterocycles. The number of hydrogen-bond acceptors (Lipinski definition) is 4. The van der Waals surface area contributed by atoms with Crippen molar-refractivity contribution in [1.29, 1.82) is 0 Å². The third kappa shape index (κ3) is 5.81. The van der Waals surface area contributed by atoms with Gasteiger partial charge in [-0.1, -0.05) is 23.2 Å². The number of benzene rings is 1. The normalized spacial score (nSPS) is 10.0. The van der Waals surface area contributed by atoms with Gasteiger partial charge in [-0.2, -0.15) is 0 Å². The fourth-order valence-electron chi connectivity index (χ4n) is 1.84. The summed E-state index contributed by atoms with van der Waals surface area (Å²) in [4.78, 5) is 27.7. The van der Waals surface area contributed by atoms with Crippen LogP contribution in [0, 0.1) is 0 Å². The molecule has 7 nitrogen and oxygen atoms in total. The number of urea groups is 1. The number of aromatic nitrogens is 1. The molecule has 0 spiro atoms. The Balaban J connectivity index is 1.71. The molecule has 1 aromatic heterocycles. The van der Waals surface area contributed by atoms with Crippen LogP contribution in [0.25, 0.3) is 0 Å². The molecule has 0 aliphatic heterocycles. The van der Waals surface area contributed by atoms with Crippen molar-refractivity contribution in [3.63, 3.8) is 0 Å². The first-order valence-electron chi connectivity index (χ1n) is 7.27. The molecule has 0 aliphatic carbocycles. The maximum absolute atomic E-state index is 11.9. The monoisotopic (exact) mass is 382 g/mol. The van der Waals surface area contributed by atoms with Gasteiger partial charge in [0.15, 0.2) is 0 Å². The van der Waals surface area contributed by atoms with Crippen LogP contribution >= 0.6 is 23.2 Å². The number of halogens is 2. The molecular formula is C16H16Cl2N4O3. The second kappa shape index (κ2) is 9.10. The van der Waals surface area contributed by atoms with Gasteiger partial charge in [0.05, 0.1) is 29.0 Å². The van der Waals surface area contributed by atoms with Gasteiger partial charge in [-0.3, -0.25) is 4.79 Å². The fourth-order valence-corrected chi connectivity index (χ4v) is 2.14. The van der Waals surface area contributed by atoms with Crippen LogP contribution in [0.3, 0.4) is 0 Å². The summed E-state index contributed by atoms with van der Waals surface area (Å²) in [7, 11) is 1.51. The van der Waals surface area contributed by atoms with Crippen molar-refractivity contribution in [1.82, 2.24) is 15.6 Å². The molecule has 3 amide bonds. The molecule has 1 aromatic carbocycles. The van der Waals surface area contributed by atoms with Crippen LogP contribution in [0.4, 0.5) is 10.5 Å². The van der Waals surface area contributed by atoms with Crippen molar-refractivity contribution >= 4 is 40.8 Å². The summed E-state index contributed by atoms with van der Waals surface area (Å²) in [6.45, 7) is 0.510. The lowest BCUT2D eigenvalue weighted by molar-refractivity contribution is 0.0954. The summed E-state index contributed by atoms with van der Waals surface area (Å²) in [5, 5.41) is 8.58. The molecule has 132 valence electrons. The number of anilines is 1. The number of ether oxygens (including phenoxy) is 1. The van der Waals surface area contributed by atoms with Crippen molar-refractivity contribution in [3.8, 4) is 5.88 Å². The van der Waals surface area contributed by atoms with Crippen molar-refractivity contribution in [2.75, 3.05) is 25.5 Å². The predicted octanol–water partition coefficient (Wildman–Crippen LogP) is 2.95. The standard InChI is InChI=1S/C16H16Cl2N4O3/c1-25-14-5-3-11(9-21-14)22-16(24)20-7-6-19-15(23)10-2-4-12(17)13(18)8-10/h2-5,8-9H,6-7H2,1H3,(H,19,23)(H2,20,22,24). The number of pyridine rings is 1. The number of methoxy groups -OCH3 is 1. The van der Waals surface area contributed by atoms with Gasteiger partial charge < -0.3 is 20.7 Å². The van der Waals surface area contributed by atoms with E-state index in [9.17, 15) is 9.59 Å². The van der Waals surface area contributed by atoms with E-state index < -0.39 is 6.03 Å². The highest BCUT2D eigenvalue weighted by Crippen LogP contribution is 2.22. The van der Waals surface area contributed by atoms with Gasteiger partial charge in [0.2, 0.25) is 5.88 Å². The van der Waals surface area contributed by atoms with E-state index in [1.165, 1.54) is 19.4 Å². The summed E-state index contributed by atoms with van der Waals surface area (Å²) in [6.07, 6.45) is 1.48. The largest absolute Gasteiger partial charge is 0.481 e. The third-order valence-electron chi connectivity index (χ3n) is 3.08. The van der Waals surface area contributed by atoms with Crippen LogP contribution in [0.5, 0.6) is 5.88 Å². The Morgan fingerprint density at radius 3 is 2.48 bits per heavy atom. The topological polar surface area (TPSA) is 92.4 Å². The molecule has 9 heteroatoms. The van der Waals surface area contributed by atoms with E-state index in [1.807, 2.05) is 0 Å². The Morgan fingerprint density at radius 1 is 1.08 bits per heavy atom. The number of carbonyl (C=O) groups excluding carboxylic acids is 2. The minimum absolute atomic E-state index is 0.252. The van der Waals surface area contributed by atoms with Crippen LogP contribution in [0.2, 0.25) is 10.0 Å². The van der Waals surface area contributed by atoms with Gasteiger partial charge in [0.1, 0.15) is 0 Å². The number of nitrogens with zero attached hydrogens (tertiary/aromatic N) is 1. The first kappa shape index (κ1) is 18.8. The molecule has 0 unspecified atom stereocenters. The van der Waals surface area contributed by atoms with Crippen molar-refractivity contribution in [2.24, 2.45) is 0 Å². The van der Waals surface area contributed by atoms with Gasteiger partial charge in [-0.25, -0.2) is 9.78 Å². The quantitative estimate of drug-likeness (QED) is 0.669. The van der Waals surface area contributed by atoms with Crippen LogP contribution in [0.15, 0.2) is 36.5 Å². The number of carbonyl (C=O) groups is 2. The lowest BCUT2D eigenvalue weighted by Crippen LogP contribution is -2.36. The molecule has 0 saturated heterocycles. The van der Waals surface area contributed by atoms with E-state index in [4.69, 9.17) is 27.9 Å². The zero-order valence-electron chi connectivity index (χ0n) is 13.3. The summed E-state index contributed by atoms with van der Waals surface area (Å²) < 4.78 is 4.93. The van der Waals surface area contributed by atoms with E-state index in [0.717, 1.165) is 0 Å². The number of rotatable bonds is 6. The van der Waals surface area contributed by atoms with E-state index in [1.54, 1.807) is 24.3 Å². The number of amides is 3. The Hall–Kier alpha value is -2.51. The van der Waals surface area contributed by atoms with Crippen LogP contribution in [0.1, 0.15) is 10.4 Å². The highest BCUT2D eigenvalue weighted by Gasteiger charge is 2.08. The summed E-state index contributed by atoms with van der Waals surface area (Å²) in [6, 6.07) is 7.49. The number of hydrogen-bond donors (Lipinski definition) is 3. The molecule has 3 N–H and O–H groups in total.